The third kappa shape index (κ3) is 11.3. The highest BCUT2D eigenvalue weighted by molar-refractivity contribution is 6.66. The summed E-state index contributed by atoms with van der Waals surface area (Å²) in [6, 6.07) is -1.74. The van der Waals surface area contributed by atoms with E-state index < -0.39 is 44.2 Å². The van der Waals surface area contributed by atoms with Crippen molar-refractivity contribution in [3.8, 4) is 0 Å². The molecule has 0 aromatic heterocycles. The molecule has 0 radical (unpaired) electrons. The summed E-state index contributed by atoms with van der Waals surface area (Å²) in [5.74, 6) is -4.20. The number of rotatable bonds is 14. The Morgan fingerprint density at radius 3 is 2.09 bits per heavy atom. The first kappa shape index (κ1) is 30.3. The summed E-state index contributed by atoms with van der Waals surface area (Å²) >= 11 is 0. The summed E-state index contributed by atoms with van der Waals surface area (Å²) in [6.07, 6.45) is -3.15. The summed E-state index contributed by atoms with van der Waals surface area (Å²) < 4.78 is 38.1. The molecule has 8 nitrogen and oxygen atoms in total. The standard InChI is InChI=1S/C20H38F3N3O5Si/c1-6-8-10-24-15(27)9-11-32(30,31)16(12-13(3)4)25-18(28)17(14(5)7-2)26-19(29)20(21,22)23/h13-14,16-17,30-31H,6-12H2,1-5H3,(H,24,27)(H,25,28)(H,26,29)/t14-,16+,17-/m0/s1. The molecule has 3 amide bonds. The predicted molar refractivity (Wildman–Crippen MR) is 116 cm³/mol. The van der Waals surface area contributed by atoms with Gasteiger partial charge in [-0.25, -0.2) is 0 Å². The Hall–Kier alpha value is -1.66. The maximum Gasteiger partial charge on any atom is 0.471 e. The van der Waals surface area contributed by atoms with Crippen molar-refractivity contribution in [3.63, 3.8) is 0 Å². The second-order valence-corrected chi connectivity index (χ2v) is 11.6. The highest BCUT2D eigenvalue weighted by Crippen LogP contribution is 2.20. The minimum absolute atomic E-state index is 0.0725. The van der Waals surface area contributed by atoms with Crippen molar-refractivity contribution in [1.82, 2.24) is 16.0 Å². The van der Waals surface area contributed by atoms with Crippen LogP contribution in [-0.2, 0) is 14.4 Å². The number of hydrogen-bond donors (Lipinski definition) is 5. The summed E-state index contributed by atoms with van der Waals surface area (Å²) in [7, 11) is -4.16. The van der Waals surface area contributed by atoms with Crippen LogP contribution in [0.2, 0.25) is 6.04 Å². The van der Waals surface area contributed by atoms with Crippen molar-refractivity contribution in [2.24, 2.45) is 11.8 Å². The van der Waals surface area contributed by atoms with Gasteiger partial charge in [0.05, 0.1) is 5.67 Å². The molecule has 0 saturated carbocycles. The first-order valence-electron chi connectivity index (χ1n) is 11.0. The molecule has 0 saturated heterocycles. The predicted octanol–water partition coefficient (Wildman–Crippen LogP) is 1.88. The Bertz CT molecular complexity index is 618. The monoisotopic (exact) mass is 485 g/mol. The number of nitrogens with one attached hydrogen (secondary N) is 3. The molecular formula is C20H38F3N3O5Si. The number of hydrogen-bond acceptors (Lipinski definition) is 5. The number of carbonyl (C=O) groups is 3. The molecule has 0 aromatic rings. The third-order valence-corrected chi connectivity index (χ3v) is 7.68. The van der Waals surface area contributed by atoms with Crippen molar-refractivity contribution in [2.45, 2.75) is 90.7 Å². The van der Waals surface area contributed by atoms with Crippen LogP contribution in [0.5, 0.6) is 0 Å². The average molecular weight is 486 g/mol. The number of halogens is 3. The molecule has 0 bridgehead atoms. The van der Waals surface area contributed by atoms with Crippen LogP contribution in [0.15, 0.2) is 0 Å². The van der Waals surface area contributed by atoms with Gasteiger partial charge in [0.15, 0.2) is 0 Å². The smallest absolute Gasteiger partial charge is 0.409 e. The van der Waals surface area contributed by atoms with Crippen LogP contribution in [0.1, 0.15) is 66.7 Å². The Morgan fingerprint density at radius 1 is 1.03 bits per heavy atom. The molecule has 0 unspecified atom stereocenters. The van der Waals surface area contributed by atoms with Crippen LogP contribution < -0.4 is 16.0 Å². The lowest BCUT2D eigenvalue weighted by Crippen LogP contribution is -2.62. The Balaban J connectivity index is 5.39. The number of carbonyl (C=O) groups excluding carboxylic acids is 3. The van der Waals surface area contributed by atoms with Gasteiger partial charge >= 0.3 is 20.6 Å². The van der Waals surface area contributed by atoms with Crippen molar-refractivity contribution < 1.29 is 37.1 Å². The molecule has 12 heteroatoms. The van der Waals surface area contributed by atoms with Gasteiger partial charge < -0.3 is 25.5 Å². The minimum Gasteiger partial charge on any atom is -0.409 e. The molecule has 5 N–H and O–H groups in total. The van der Waals surface area contributed by atoms with Gasteiger partial charge in [0.25, 0.3) is 0 Å². The first-order chi connectivity index (χ1) is 14.7. The van der Waals surface area contributed by atoms with E-state index in [1.807, 2.05) is 6.92 Å². The van der Waals surface area contributed by atoms with Crippen molar-refractivity contribution in [1.29, 1.82) is 0 Å². The van der Waals surface area contributed by atoms with Gasteiger partial charge in [-0.2, -0.15) is 13.2 Å². The van der Waals surface area contributed by atoms with Crippen molar-refractivity contribution in [2.75, 3.05) is 6.54 Å². The fourth-order valence-corrected chi connectivity index (χ4v) is 5.15. The molecule has 0 aliphatic carbocycles. The highest BCUT2D eigenvalue weighted by Gasteiger charge is 2.44. The zero-order valence-electron chi connectivity index (χ0n) is 19.5. The molecule has 32 heavy (non-hydrogen) atoms. The van der Waals surface area contributed by atoms with Crippen LogP contribution >= 0.6 is 0 Å². The van der Waals surface area contributed by atoms with Gasteiger partial charge in [0, 0.05) is 19.0 Å². The van der Waals surface area contributed by atoms with Crippen LogP contribution in [0, 0.1) is 11.8 Å². The lowest BCUT2D eigenvalue weighted by molar-refractivity contribution is -0.175. The molecular weight excluding hydrogens is 447 g/mol. The molecule has 0 spiro atoms. The Morgan fingerprint density at radius 2 is 1.62 bits per heavy atom. The van der Waals surface area contributed by atoms with Gasteiger partial charge in [-0.15, -0.1) is 0 Å². The quantitative estimate of drug-likeness (QED) is 0.190. The molecule has 0 aromatic carbocycles. The molecule has 0 heterocycles. The molecule has 0 aliphatic heterocycles. The zero-order valence-corrected chi connectivity index (χ0v) is 20.5. The summed E-state index contributed by atoms with van der Waals surface area (Å²) in [4.78, 5) is 57.5. The maximum atomic E-state index is 12.8. The van der Waals surface area contributed by atoms with Gasteiger partial charge in [-0.1, -0.05) is 47.5 Å². The normalized spacial score (nSPS) is 15.1. The molecule has 3 atom stereocenters. The zero-order chi connectivity index (χ0) is 25.1. The van der Waals surface area contributed by atoms with E-state index in [1.54, 1.807) is 26.1 Å². The molecule has 0 fully saturated rings. The van der Waals surface area contributed by atoms with Gasteiger partial charge in [0.1, 0.15) is 6.04 Å². The number of alkyl halides is 3. The Kier molecular flexibility index (Phi) is 13.1. The third-order valence-electron chi connectivity index (χ3n) is 5.19. The second-order valence-electron chi connectivity index (χ2n) is 8.61. The van der Waals surface area contributed by atoms with E-state index in [0.717, 1.165) is 12.8 Å². The van der Waals surface area contributed by atoms with Crippen molar-refractivity contribution in [3.05, 3.63) is 0 Å². The SMILES string of the molecule is CCCCNC(=O)CC[Si](O)(O)[C@H](CC(C)C)NC(=O)[C@@H](NC(=O)C(F)(F)F)[C@@H](C)CC. The minimum atomic E-state index is -5.15. The van der Waals surface area contributed by atoms with E-state index in [1.165, 1.54) is 6.92 Å². The molecule has 188 valence electrons. The van der Waals surface area contributed by atoms with Gasteiger partial charge in [-0.3, -0.25) is 14.4 Å². The largest absolute Gasteiger partial charge is 0.471 e. The average Bonchev–Trinajstić information content (AvgIpc) is 2.68. The van der Waals surface area contributed by atoms with E-state index in [-0.39, 0.29) is 30.7 Å². The lowest BCUT2D eigenvalue weighted by Gasteiger charge is -2.33. The maximum absolute atomic E-state index is 12.8. The fourth-order valence-electron chi connectivity index (χ4n) is 2.99. The fraction of sp³-hybridized carbons (Fsp3) is 0.850. The highest BCUT2D eigenvalue weighted by atomic mass is 28.4. The number of amides is 3. The van der Waals surface area contributed by atoms with E-state index in [4.69, 9.17) is 0 Å². The summed E-state index contributed by atoms with van der Waals surface area (Å²) in [5, 5.41) is 6.83. The number of unbranched alkanes of at least 4 members (excludes halogenated alkanes) is 1. The van der Waals surface area contributed by atoms with Gasteiger partial charge in [-0.05, 0) is 24.7 Å². The summed E-state index contributed by atoms with van der Waals surface area (Å²) in [5.41, 5.74) is -1.12. The molecule has 0 aliphatic rings. The lowest BCUT2D eigenvalue weighted by atomic mass is 9.98. The van der Waals surface area contributed by atoms with Crippen LogP contribution in [-0.4, -0.2) is 60.3 Å². The van der Waals surface area contributed by atoms with Crippen LogP contribution in [0.4, 0.5) is 13.2 Å². The van der Waals surface area contributed by atoms with Gasteiger partial charge in [0.2, 0.25) is 11.8 Å². The van der Waals surface area contributed by atoms with E-state index in [9.17, 15) is 37.1 Å². The van der Waals surface area contributed by atoms with E-state index in [0.29, 0.717) is 13.0 Å². The van der Waals surface area contributed by atoms with Crippen molar-refractivity contribution >= 4 is 26.3 Å². The first-order valence-corrected chi connectivity index (χ1v) is 13.2. The van der Waals surface area contributed by atoms with E-state index in [2.05, 4.69) is 10.6 Å². The topological polar surface area (TPSA) is 128 Å². The Labute approximate surface area is 189 Å². The molecule has 0 rings (SSSR count). The summed E-state index contributed by atoms with van der Waals surface area (Å²) in [6.45, 7) is 9.19. The van der Waals surface area contributed by atoms with E-state index >= 15 is 0 Å². The van der Waals surface area contributed by atoms with Crippen LogP contribution in [0.25, 0.3) is 0 Å². The second kappa shape index (κ2) is 13.8. The van der Waals surface area contributed by atoms with Crippen LogP contribution in [0.3, 0.4) is 0 Å².